The summed E-state index contributed by atoms with van der Waals surface area (Å²) in [4.78, 5) is 4.54. The molecule has 1 fully saturated rings. The first kappa shape index (κ1) is 9.70. The molecular weight excluding hydrogens is 228 g/mol. The topological polar surface area (TPSA) is 80.7 Å². The van der Waals surface area contributed by atoms with Gasteiger partial charge in [0.05, 0.1) is 6.20 Å². The molecule has 18 heavy (non-hydrogen) atoms. The lowest BCUT2D eigenvalue weighted by atomic mass is 10.1. The summed E-state index contributed by atoms with van der Waals surface area (Å²) in [5.74, 6) is 1.96. The Labute approximate surface area is 103 Å². The van der Waals surface area contributed by atoms with Gasteiger partial charge in [-0.25, -0.2) is 4.98 Å². The summed E-state index contributed by atoms with van der Waals surface area (Å²) in [6.45, 7) is 0. The number of nitrogens with zero attached hydrogens (tertiary/aromatic N) is 2. The zero-order valence-electron chi connectivity index (χ0n) is 9.68. The molecule has 2 aromatic heterocycles. The van der Waals surface area contributed by atoms with Crippen LogP contribution in [0.15, 0.2) is 28.8 Å². The molecule has 0 spiro atoms. The molecular formula is C13H12N4O. The van der Waals surface area contributed by atoms with E-state index >= 15 is 0 Å². The van der Waals surface area contributed by atoms with E-state index in [-0.39, 0.29) is 0 Å². The van der Waals surface area contributed by atoms with Crippen molar-refractivity contribution in [3.63, 3.8) is 0 Å². The molecule has 0 saturated heterocycles. The van der Waals surface area contributed by atoms with E-state index in [0.717, 1.165) is 28.1 Å². The summed E-state index contributed by atoms with van der Waals surface area (Å²) in [7, 11) is 0. The predicted octanol–water partition coefficient (Wildman–Crippen LogP) is 2.68. The molecule has 0 unspecified atom stereocenters. The fourth-order valence-corrected chi connectivity index (χ4v) is 2.14. The predicted molar refractivity (Wildman–Crippen MR) is 68.0 cm³/mol. The molecule has 0 atom stereocenters. The van der Waals surface area contributed by atoms with Crippen LogP contribution in [0.25, 0.3) is 22.2 Å². The molecule has 0 amide bonds. The minimum atomic E-state index is 0.528. The third-order valence-corrected chi connectivity index (χ3v) is 3.31. The first-order valence-electron chi connectivity index (χ1n) is 6.01. The first-order valence-corrected chi connectivity index (χ1v) is 6.01. The number of aromatic amines is 1. The number of rotatable bonds is 2. The number of H-pyrrole nitrogens is 1. The molecule has 5 nitrogen and oxygen atoms in total. The van der Waals surface area contributed by atoms with E-state index in [1.54, 1.807) is 6.20 Å². The van der Waals surface area contributed by atoms with Gasteiger partial charge in [0.15, 0.2) is 11.5 Å². The fourth-order valence-electron chi connectivity index (χ4n) is 2.14. The van der Waals surface area contributed by atoms with E-state index in [1.807, 2.05) is 18.2 Å². The highest BCUT2D eigenvalue weighted by molar-refractivity contribution is 5.83. The highest BCUT2D eigenvalue weighted by Gasteiger charge is 2.28. The van der Waals surface area contributed by atoms with E-state index in [4.69, 9.17) is 10.2 Å². The van der Waals surface area contributed by atoms with Crippen molar-refractivity contribution in [2.45, 2.75) is 18.8 Å². The number of aromatic nitrogens is 3. The number of hydrogen-bond acceptors (Lipinski definition) is 4. The monoisotopic (exact) mass is 240 g/mol. The summed E-state index contributed by atoms with van der Waals surface area (Å²) in [5.41, 5.74) is 9.44. The average molecular weight is 240 g/mol. The van der Waals surface area contributed by atoms with Gasteiger partial charge in [-0.15, -0.1) is 0 Å². The van der Waals surface area contributed by atoms with Crippen LogP contribution in [0.1, 0.15) is 24.7 Å². The number of nitrogen functional groups attached to an aromatic ring is 1. The summed E-state index contributed by atoms with van der Waals surface area (Å²) in [6.07, 6.45) is 4.10. The second-order valence-electron chi connectivity index (χ2n) is 4.71. The molecule has 1 aliphatic carbocycles. The zero-order valence-corrected chi connectivity index (χ0v) is 9.68. The van der Waals surface area contributed by atoms with Crippen LogP contribution in [0.5, 0.6) is 0 Å². The fraction of sp³-hybridized carbons (Fsp3) is 0.231. The smallest absolute Gasteiger partial charge is 0.198 e. The van der Waals surface area contributed by atoms with Crippen molar-refractivity contribution in [3.8, 4) is 11.1 Å². The third-order valence-electron chi connectivity index (χ3n) is 3.31. The molecule has 5 heteroatoms. The first-order chi connectivity index (χ1) is 8.81. The molecule has 0 radical (unpaired) electrons. The van der Waals surface area contributed by atoms with Crippen LogP contribution in [0.3, 0.4) is 0 Å². The van der Waals surface area contributed by atoms with Crippen LogP contribution in [-0.4, -0.2) is 15.2 Å². The normalized spacial score (nSPS) is 15.3. The van der Waals surface area contributed by atoms with E-state index < -0.39 is 0 Å². The summed E-state index contributed by atoms with van der Waals surface area (Å²) < 4.78 is 5.73. The molecule has 3 N–H and O–H groups in total. The lowest BCUT2D eigenvalue weighted by Gasteiger charge is -1.97. The van der Waals surface area contributed by atoms with Crippen molar-refractivity contribution in [2.24, 2.45) is 0 Å². The maximum atomic E-state index is 5.82. The van der Waals surface area contributed by atoms with Gasteiger partial charge in [-0.05, 0) is 30.5 Å². The molecule has 2 heterocycles. The number of fused-ring (bicyclic) bond motifs is 1. The Balaban J connectivity index is 1.85. The minimum Gasteiger partial charge on any atom is -0.440 e. The van der Waals surface area contributed by atoms with Gasteiger partial charge in [-0.2, -0.15) is 5.10 Å². The van der Waals surface area contributed by atoms with Crippen molar-refractivity contribution < 1.29 is 4.42 Å². The van der Waals surface area contributed by atoms with Crippen molar-refractivity contribution in [2.75, 3.05) is 5.73 Å². The molecule has 0 aliphatic heterocycles. The molecule has 90 valence electrons. The van der Waals surface area contributed by atoms with Crippen LogP contribution in [0.4, 0.5) is 5.82 Å². The number of hydrogen-bond donors (Lipinski definition) is 2. The Morgan fingerprint density at radius 3 is 2.94 bits per heavy atom. The number of oxazole rings is 1. The SMILES string of the molecule is Nc1[nH]ncc1-c1ccc2oc(C3CC3)nc2c1. The third kappa shape index (κ3) is 1.40. The Kier molecular flexibility index (Phi) is 1.81. The number of nitrogens with one attached hydrogen (secondary N) is 1. The Hall–Kier alpha value is -2.30. The standard InChI is InChI=1S/C13H12N4O/c14-12-9(6-15-17-12)8-3-4-11-10(5-8)16-13(18-11)7-1-2-7/h3-7H,1-2H2,(H3,14,15,17). The highest BCUT2D eigenvalue weighted by atomic mass is 16.3. The maximum Gasteiger partial charge on any atom is 0.198 e. The zero-order chi connectivity index (χ0) is 12.1. The van der Waals surface area contributed by atoms with Gasteiger partial charge in [-0.1, -0.05) is 6.07 Å². The Morgan fingerprint density at radius 1 is 1.33 bits per heavy atom. The minimum absolute atomic E-state index is 0.528. The second kappa shape index (κ2) is 3.35. The van der Waals surface area contributed by atoms with Gasteiger partial charge >= 0.3 is 0 Å². The summed E-state index contributed by atoms with van der Waals surface area (Å²) in [5, 5.41) is 6.66. The lowest BCUT2D eigenvalue weighted by molar-refractivity contribution is 0.533. The number of benzene rings is 1. The summed E-state index contributed by atoms with van der Waals surface area (Å²) in [6, 6.07) is 5.91. The van der Waals surface area contributed by atoms with E-state index in [1.165, 1.54) is 12.8 Å². The van der Waals surface area contributed by atoms with Crippen LogP contribution < -0.4 is 5.73 Å². The van der Waals surface area contributed by atoms with Crippen LogP contribution in [0, 0.1) is 0 Å². The van der Waals surface area contributed by atoms with Gasteiger partial charge in [-0.3, -0.25) is 5.10 Å². The van der Waals surface area contributed by atoms with Crippen LogP contribution >= 0.6 is 0 Å². The molecule has 1 aromatic carbocycles. The largest absolute Gasteiger partial charge is 0.440 e. The summed E-state index contributed by atoms with van der Waals surface area (Å²) >= 11 is 0. The van der Waals surface area contributed by atoms with Crippen molar-refractivity contribution in [1.29, 1.82) is 0 Å². The average Bonchev–Trinajstić information content (AvgIpc) is 3.00. The van der Waals surface area contributed by atoms with Gasteiger partial charge in [0.2, 0.25) is 0 Å². The quantitative estimate of drug-likeness (QED) is 0.721. The van der Waals surface area contributed by atoms with Crippen molar-refractivity contribution >= 4 is 16.9 Å². The molecule has 3 aromatic rings. The highest BCUT2D eigenvalue weighted by Crippen LogP contribution is 2.41. The van der Waals surface area contributed by atoms with Crippen LogP contribution in [0.2, 0.25) is 0 Å². The second-order valence-corrected chi connectivity index (χ2v) is 4.71. The van der Waals surface area contributed by atoms with Crippen LogP contribution in [-0.2, 0) is 0 Å². The van der Waals surface area contributed by atoms with Gasteiger partial charge in [0.1, 0.15) is 11.3 Å². The number of nitrogens with two attached hydrogens (primary N) is 1. The van der Waals surface area contributed by atoms with Gasteiger partial charge < -0.3 is 10.2 Å². The van der Waals surface area contributed by atoms with Crippen molar-refractivity contribution in [1.82, 2.24) is 15.2 Å². The molecule has 1 saturated carbocycles. The Morgan fingerprint density at radius 2 is 2.22 bits per heavy atom. The van der Waals surface area contributed by atoms with Gasteiger partial charge in [0.25, 0.3) is 0 Å². The number of anilines is 1. The van der Waals surface area contributed by atoms with E-state index in [0.29, 0.717) is 11.7 Å². The molecule has 1 aliphatic rings. The molecule has 4 rings (SSSR count). The van der Waals surface area contributed by atoms with E-state index in [9.17, 15) is 0 Å². The maximum absolute atomic E-state index is 5.82. The van der Waals surface area contributed by atoms with E-state index in [2.05, 4.69) is 15.2 Å². The lowest BCUT2D eigenvalue weighted by Crippen LogP contribution is -1.87. The van der Waals surface area contributed by atoms with Gasteiger partial charge in [0, 0.05) is 11.5 Å². The van der Waals surface area contributed by atoms with Crippen molar-refractivity contribution in [3.05, 3.63) is 30.3 Å². The molecule has 0 bridgehead atoms. The Bertz CT molecular complexity index is 724.